The van der Waals surface area contributed by atoms with Crippen molar-refractivity contribution in [2.45, 2.75) is 64.1 Å². The molecule has 0 aromatic carbocycles. The topological polar surface area (TPSA) is 15.3 Å². The Bertz CT molecular complexity index is 268. The van der Waals surface area contributed by atoms with Gasteiger partial charge < -0.3 is 5.32 Å². The van der Waals surface area contributed by atoms with Crippen molar-refractivity contribution in [2.75, 3.05) is 13.1 Å². The Kier molecular flexibility index (Phi) is 2.56. The molecule has 0 spiro atoms. The second-order valence-electron chi connectivity index (χ2n) is 6.70. The maximum absolute atomic E-state index is 3.84. The zero-order valence-corrected chi connectivity index (χ0v) is 11.0. The number of hydrogen-bond acceptors (Lipinski definition) is 2. The molecule has 1 N–H and O–H groups in total. The van der Waals surface area contributed by atoms with Gasteiger partial charge in [0.05, 0.1) is 0 Å². The molecule has 3 fully saturated rings. The normalized spacial score (nSPS) is 41.6. The molecular formula is C14H26N2. The summed E-state index contributed by atoms with van der Waals surface area (Å²) in [5, 5.41) is 3.84. The van der Waals surface area contributed by atoms with Crippen molar-refractivity contribution in [3.05, 3.63) is 0 Å². The predicted octanol–water partition coefficient (Wildman–Crippen LogP) is 2.25. The third-order valence-electron chi connectivity index (χ3n) is 5.04. The molecule has 2 heteroatoms. The number of piperazine rings is 1. The van der Waals surface area contributed by atoms with Crippen molar-refractivity contribution in [1.82, 2.24) is 10.2 Å². The first-order valence-electron chi connectivity index (χ1n) is 7.11. The fourth-order valence-corrected chi connectivity index (χ4v) is 3.62. The third-order valence-corrected chi connectivity index (χ3v) is 5.04. The van der Waals surface area contributed by atoms with Crippen molar-refractivity contribution in [1.29, 1.82) is 0 Å². The maximum Gasteiger partial charge on any atom is 0.0337 e. The minimum atomic E-state index is 0.444. The molecule has 92 valence electrons. The molecule has 0 aromatic heterocycles. The Morgan fingerprint density at radius 3 is 2.38 bits per heavy atom. The summed E-state index contributed by atoms with van der Waals surface area (Å²) in [4.78, 5) is 2.80. The van der Waals surface area contributed by atoms with E-state index in [0.717, 1.165) is 17.9 Å². The highest BCUT2D eigenvalue weighted by atomic mass is 15.3. The quantitative estimate of drug-likeness (QED) is 0.788. The smallest absolute Gasteiger partial charge is 0.0337 e. The zero-order valence-electron chi connectivity index (χ0n) is 11.0. The van der Waals surface area contributed by atoms with Crippen LogP contribution in [-0.2, 0) is 0 Å². The highest BCUT2D eigenvalue weighted by molar-refractivity contribution is 5.07. The van der Waals surface area contributed by atoms with E-state index in [9.17, 15) is 0 Å². The lowest BCUT2D eigenvalue weighted by atomic mass is 9.87. The van der Waals surface area contributed by atoms with Crippen LogP contribution in [-0.4, -0.2) is 35.6 Å². The van der Waals surface area contributed by atoms with Crippen LogP contribution < -0.4 is 5.32 Å². The van der Waals surface area contributed by atoms with Crippen LogP contribution in [0.5, 0.6) is 0 Å². The number of rotatable bonds is 3. The van der Waals surface area contributed by atoms with Crippen molar-refractivity contribution < 1.29 is 0 Å². The van der Waals surface area contributed by atoms with Crippen molar-refractivity contribution in [2.24, 2.45) is 11.8 Å². The summed E-state index contributed by atoms with van der Waals surface area (Å²) in [6.45, 7) is 9.74. The van der Waals surface area contributed by atoms with Gasteiger partial charge in [0.2, 0.25) is 0 Å². The van der Waals surface area contributed by atoms with Gasteiger partial charge in [-0.1, -0.05) is 0 Å². The summed E-state index contributed by atoms with van der Waals surface area (Å²) < 4.78 is 0. The third kappa shape index (κ3) is 1.80. The minimum absolute atomic E-state index is 0.444. The highest BCUT2D eigenvalue weighted by Gasteiger charge is 2.50. The molecule has 0 radical (unpaired) electrons. The van der Waals surface area contributed by atoms with Gasteiger partial charge in [0.25, 0.3) is 0 Å². The van der Waals surface area contributed by atoms with Crippen LogP contribution in [0.4, 0.5) is 0 Å². The Balaban J connectivity index is 1.74. The summed E-state index contributed by atoms with van der Waals surface area (Å²) >= 11 is 0. The molecule has 0 amide bonds. The Morgan fingerprint density at radius 1 is 1.19 bits per heavy atom. The fraction of sp³-hybridized carbons (Fsp3) is 1.00. The van der Waals surface area contributed by atoms with E-state index in [1.165, 1.54) is 38.8 Å². The standard InChI is InChI=1S/C14H26N2/c1-10(2)16-8-13(11-4-5-11)15-9-14(16,3)12-6-7-12/h10-13,15H,4-9H2,1-3H3. The Morgan fingerprint density at radius 2 is 1.88 bits per heavy atom. The van der Waals surface area contributed by atoms with Gasteiger partial charge in [-0.3, -0.25) is 4.90 Å². The fourth-order valence-electron chi connectivity index (χ4n) is 3.62. The molecule has 1 heterocycles. The van der Waals surface area contributed by atoms with Gasteiger partial charge in [0.15, 0.2) is 0 Å². The van der Waals surface area contributed by atoms with Crippen molar-refractivity contribution >= 4 is 0 Å². The average molecular weight is 222 g/mol. The molecule has 2 unspecified atom stereocenters. The maximum atomic E-state index is 3.84. The predicted molar refractivity (Wildman–Crippen MR) is 67.5 cm³/mol. The first-order chi connectivity index (χ1) is 7.61. The van der Waals surface area contributed by atoms with Crippen LogP contribution in [0.1, 0.15) is 46.5 Å². The van der Waals surface area contributed by atoms with Gasteiger partial charge in [0.1, 0.15) is 0 Å². The van der Waals surface area contributed by atoms with Crippen LogP contribution in [0.25, 0.3) is 0 Å². The molecular weight excluding hydrogens is 196 g/mol. The first-order valence-corrected chi connectivity index (χ1v) is 7.11. The molecule has 3 aliphatic rings. The van der Waals surface area contributed by atoms with E-state index >= 15 is 0 Å². The summed E-state index contributed by atoms with van der Waals surface area (Å²) in [6.07, 6.45) is 5.83. The lowest BCUT2D eigenvalue weighted by Crippen LogP contribution is -2.66. The van der Waals surface area contributed by atoms with Crippen LogP contribution >= 0.6 is 0 Å². The van der Waals surface area contributed by atoms with E-state index < -0.39 is 0 Å². The number of nitrogens with one attached hydrogen (secondary N) is 1. The average Bonchev–Trinajstić information content (AvgIpc) is 3.09. The largest absolute Gasteiger partial charge is 0.311 e. The van der Waals surface area contributed by atoms with E-state index in [0.29, 0.717) is 11.6 Å². The molecule has 2 saturated carbocycles. The number of hydrogen-bond donors (Lipinski definition) is 1. The second-order valence-corrected chi connectivity index (χ2v) is 6.70. The van der Waals surface area contributed by atoms with E-state index in [1.807, 2.05) is 0 Å². The molecule has 0 aromatic rings. The monoisotopic (exact) mass is 222 g/mol. The van der Waals surface area contributed by atoms with Gasteiger partial charge in [-0.25, -0.2) is 0 Å². The summed E-state index contributed by atoms with van der Waals surface area (Å²) in [6, 6.07) is 1.49. The summed E-state index contributed by atoms with van der Waals surface area (Å²) in [5.74, 6) is 1.95. The van der Waals surface area contributed by atoms with E-state index in [-0.39, 0.29) is 0 Å². The molecule has 2 atom stereocenters. The van der Waals surface area contributed by atoms with Gasteiger partial charge >= 0.3 is 0 Å². The molecule has 0 bridgehead atoms. The SMILES string of the molecule is CC(C)N1CC(C2CC2)NCC1(C)C1CC1. The van der Waals surface area contributed by atoms with E-state index in [4.69, 9.17) is 0 Å². The van der Waals surface area contributed by atoms with Gasteiger partial charge in [-0.05, 0) is 58.3 Å². The van der Waals surface area contributed by atoms with Gasteiger partial charge in [0, 0.05) is 30.7 Å². The summed E-state index contributed by atoms with van der Waals surface area (Å²) in [5.41, 5.74) is 0.444. The molecule has 2 nitrogen and oxygen atoms in total. The van der Waals surface area contributed by atoms with Gasteiger partial charge in [-0.2, -0.15) is 0 Å². The van der Waals surface area contributed by atoms with Crippen LogP contribution in [0.2, 0.25) is 0 Å². The Labute approximate surface area is 99.8 Å². The van der Waals surface area contributed by atoms with Crippen molar-refractivity contribution in [3.8, 4) is 0 Å². The first kappa shape index (κ1) is 11.0. The molecule has 1 aliphatic heterocycles. The molecule has 1 saturated heterocycles. The zero-order chi connectivity index (χ0) is 11.3. The van der Waals surface area contributed by atoms with E-state index in [1.54, 1.807) is 0 Å². The van der Waals surface area contributed by atoms with Crippen LogP contribution in [0.15, 0.2) is 0 Å². The molecule has 3 rings (SSSR count). The van der Waals surface area contributed by atoms with E-state index in [2.05, 4.69) is 31.0 Å². The van der Waals surface area contributed by atoms with Crippen molar-refractivity contribution in [3.63, 3.8) is 0 Å². The molecule has 2 aliphatic carbocycles. The minimum Gasteiger partial charge on any atom is -0.311 e. The molecule has 16 heavy (non-hydrogen) atoms. The summed E-state index contributed by atoms with van der Waals surface area (Å²) in [7, 11) is 0. The highest BCUT2D eigenvalue weighted by Crippen LogP contribution is 2.46. The second kappa shape index (κ2) is 3.71. The van der Waals surface area contributed by atoms with Crippen LogP contribution in [0.3, 0.4) is 0 Å². The lowest BCUT2D eigenvalue weighted by molar-refractivity contribution is 0.00552. The Hall–Kier alpha value is -0.0800. The van der Waals surface area contributed by atoms with Crippen LogP contribution in [0, 0.1) is 11.8 Å². The number of nitrogens with zero attached hydrogens (tertiary/aromatic N) is 1. The lowest BCUT2D eigenvalue weighted by Gasteiger charge is -2.51. The van der Waals surface area contributed by atoms with Gasteiger partial charge in [-0.15, -0.1) is 0 Å².